The number of nitrogens with zero attached hydrogens (tertiary/aromatic N) is 3. The minimum atomic E-state index is -0.0812. The second-order valence-electron chi connectivity index (χ2n) is 7.37. The highest BCUT2D eigenvalue weighted by atomic mass is 32.1. The molecule has 0 atom stereocenters. The number of fused-ring (bicyclic) bond motifs is 1. The number of nitrogens with one attached hydrogen (secondary N) is 1. The van der Waals surface area contributed by atoms with E-state index in [-0.39, 0.29) is 11.5 Å². The number of rotatable bonds is 3. The molecule has 2 aromatic heterocycles. The molecule has 1 aliphatic rings. The van der Waals surface area contributed by atoms with Crippen molar-refractivity contribution in [3.8, 4) is 11.1 Å². The highest BCUT2D eigenvalue weighted by molar-refractivity contribution is 7.19. The van der Waals surface area contributed by atoms with Crippen molar-refractivity contribution in [2.24, 2.45) is 0 Å². The van der Waals surface area contributed by atoms with Gasteiger partial charge in [0.25, 0.3) is 5.56 Å². The summed E-state index contributed by atoms with van der Waals surface area (Å²) < 4.78 is 0. The molecule has 1 N–H and O–H groups in total. The predicted octanol–water partition coefficient (Wildman–Crippen LogP) is 2.93. The van der Waals surface area contributed by atoms with E-state index in [1.165, 1.54) is 5.56 Å². The van der Waals surface area contributed by atoms with Gasteiger partial charge < -0.3 is 9.88 Å². The fraction of sp³-hybridized carbons (Fsp3) is 0.381. The molecule has 1 fully saturated rings. The smallest absolute Gasteiger partial charge is 0.260 e. The predicted molar refractivity (Wildman–Crippen MR) is 113 cm³/mol. The van der Waals surface area contributed by atoms with E-state index in [0.717, 1.165) is 47.0 Å². The van der Waals surface area contributed by atoms with Gasteiger partial charge in [-0.3, -0.25) is 14.5 Å². The minimum Gasteiger partial charge on any atom is -0.340 e. The Hall–Kier alpha value is -2.51. The van der Waals surface area contributed by atoms with E-state index in [0.29, 0.717) is 17.8 Å². The van der Waals surface area contributed by atoms with Crippen molar-refractivity contribution < 1.29 is 4.79 Å². The summed E-state index contributed by atoms with van der Waals surface area (Å²) in [6.45, 7) is 9.32. The molecule has 0 saturated carbocycles. The Kier molecular flexibility index (Phi) is 5.03. The zero-order chi connectivity index (χ0) is 19.8. The first-order chi connectivity index (χ1) is 13.4. The quantitative estimate of drug-likeness (QED) is 0.739. The van der Waals surface area contributed by atoms with Crippen molar-refractivity contribution in [1.29, 1.82) is 0 Å². The number of aromatic amines is 1. The molecule has 146 valence electrons. The Labute approximate surface area is 167 Å². The normalized spacial score (nSPS) is 15.3. The summed E-state index contributed by atoms with van der Waals surface area (Å²) in [5.41, 5.74) is 3.15. The average molecular weight is 397 g/mol. The number of amides is 1. The van der Waals surface area contributed by atoms with Gasteiger partial charge in [0, 0.05) is 43.5 Å². The minimum absolute atomic E-state index is 0.0812. The van der Waals surface area contributed by atoms with E-state index < -0.39 is 0 Å². The van der Waals surface area contributed by atoms with Gasteiger partial charge in [0.15, 0.2) is 0 Å². The summed E-state index contributed by atoms with van der Waals surface area (Å²) in [7, 11) is 0. The molecule has 6 nitrogen and oxygen atoms in total. The van der Waals surface area contributed by atoms with Crippen molar-refractivity contribution in [3.05, 3.63) is 50.9 Å². The van der Waals surface area contributed by atoms with Crippen LogP contribution in [0.1, 0.15) is 23.2 Å². The zero-order valence-electron chi connectivity index (χ0n) is 16.4. The van der Waals surface area contributed by atoms with Crippen molar-refractivity contribution >= 4 is 27.5 Å². The molecule has 1 saturated heterocycles. The van der Waals surface area contributed by atoms with Gasteiger partial charge >= 0.3 is 0 Å². The number of aromatic nitrogens is 2. The highest BCUT2D eigenvalue weighted by Gasteiger charge is 2.21. The number of aryl methyl sites for hydroxylation is 2. The van der Waals surface area contributed by atoms with Gasteiger partial charge in [0.2, 0.25) is 5.91 Å². The van der Waals surface area contributed by atoms with Crippen molar-refractivity contribution in [3.63, 3.8) is 0 Å². The summed E-state index contributed by atoms with van der Waals surface area (Å²) in [4.78, 5) is 38.1. The van der Waals surface area contributed by atoms with E-state index in [4.69, 9.17) is 4.98 Å². The molecule has 0 radical (unpaired) electrons. The van der Waals surface area contributed by atoms with Gasteiger partial charge in [0.1, 0.15) is 10.7 Å². The van der Waals surface area contributed by atoms with Crippen LogP contribution in [-0.4, -0.2) is 51.9 Å². The van der Waals surface area contributed by atoms with E-state index >= 15 is 0 Å². The van der Waals surface area contributed by atoms with Crippen LogP contribution >= 0.6 is 11.3 Å². The van der Waals surface area contributed by atoms with Gasteiger partial charge in [-0.1, -0.05) is 29.8 Å². The molecule has 3 aromatic rings. The van der Waals surface area contributed by atoms with E-state index in [2.05, 4.69) is 41.1 Å². The van der Waals surface area contributed by atoms with Crippen LogP contribution in [0.25, 0.3) is 21.3 Å². The molecule has 0 spiro atoms. The van der Waals surface area contributed by atoms with Crippen LogP contribution in [0.5, 0.6) is 0 Å². The Balaban J connectivity index is 1.62. The topological polar surface area (TPSA) is 69.3 Å². The first-order valence-electron chi connectivity index (χ1n) is 9.49. The third-order valence-corrected chi connectivity index (χ3v) is 6.32. The van der Waals surface area contributed by atoms with Gasteiger partial charge in [0.05, 0.1) is 11.9 Å². The van der Waals surface area contributed by atoms with Crippen LogP contribution in [0.2, 0.25) is 0 Å². The highest BCUT2D eigenvalue weighted by Crippen LogP contribution is 2.35. The van der Waals surface area contributed by atoms with Crippen LogP contribution in [-0.2, 0) is 11.3 Å². The van der Waals surface area contributed by atoms with E-state index in [1.807, 2.05) is 11.8 Å². The average Bonchev–Trinajstić information content (AvgIpc) is 2.99. The van der Waals surface area contributed by atoms with Gasteiger partial charge in [-0.25, -0.2) is 4.98 Å². The lowest BCUT2D eigenvalue weighted by atomic mass is 10.0. The molecule has 28 heavy (non-hydrogen) atoms. The monoisotopic (exact) mass is 396 g/mol. The van der Waals surface area contributed by atoms with Crippen LogP contribution in [0.3, 0.4) is 0 Å². The second kappa shape index (κ2) is 7.48. The molecule has 0 aliphatic carbocycles. The van der Waals surface area contributed by atoms with Crippen molar-refractivity contribution in [2.75, 3.05) is 26.2 Å². The standard InChI is InChI=1S/C21H24N4O2S/c1-13-4-6-16(7-5-13)18-14(2)28-21-19(18)20(27)22-17(23-21)12-24-8-10-25(11-9-24)15(3)26/h4-7H,8-12H2,1-3H3,(H,22,23,27). The van der Waals surface area contributed by atoms with Gasteiger partial charge in [-0.15, -0.1) is 11.3 Å². The van der Waals surface area contributed by atoms with E-state index in [9.17, 15) is 9.59 Å². The molecule has 0 unspecified atom stereocenters. The Morgan fingerprint density at radius 2 is 1.82 bits per heavy atom. The largest absolute Gasteiger partial charge is 0.340 e. The number of piperazine rings is 1. The molecule has 1 amide bonds. The first kappa shape index (κ1) is 18.8. The maximum Gasteiger partial charge on any atom is 0.260 e. The number of H-pyrrole nitrogens is 1. The van der Waals surface area contributed by atoms with Crippen LogP contribution in [0.15, 0.2) is 29.1 Å². The zero-order valence-corrected chi connectivity index (χ0v) is 17.2. The number of carbonyl (C=O) groups is 1. The fourth-order valence-electron chi connectivity index (χ4n) is 3.74. The second-order valence-corrected chi connectivity index (χ2v) is 8.58. The third kappa shape index (κ3) is 3.59. The Morgan fingerprint density at radius 3 is 2.46 bits per heavy atom. The Bertz CT molecular complexity index is 1080. The number of hydrogen-bond acceptors (Lipinski definition) is 5. The Morgan fingerprint density at radius 1 is 1.14 bits per heavy atom. The number of benzene rings is 1. The molecular weight excluding hydrogens is 372 g/mol. The lowest BCUT2D eigenvalue weighted by Gasteiger charge is -2.33. The van der Waals surface area contributed by atoms with Crippen molar-refractivity contribution in [2.45, 2.75) is 27.3 Å². The SMILES string of the molecule is CC(=O)N1CCN(Cc2nc3sc(C)c(-c4ccc(C)cc4)c3c(=O)[nH]2)CC1. The summed E-state index contributed by atoms with van der Waals surface area (Å²) in [6, 6.07) is 8.25. The fourth-order valence-corrected chi connectivity index (χ4v) is 4.80. The summed E-state index contributed by atoms with van der Waals surface area (Å²) in [6.07, 6.45) is 0. The van der Waals surface area contributed by atoms with Crippen LogP contribution in [0.4, 0.5) is 0 Å². The summed E-state index contributed by atoms with van der Waals surface area (Å²) >= 11 is 1.57. The van der Waals surface area contributed by atoms with Crippen LogP contribution < -0.4 is 5.56 Å². The molecule has 0 bridgehead atoms. The number of thiophene rings is 1. The maximum atomic E-state index is 12.9. The number of carbonyl (C=O) groups excluding carboxylic acids is 1. The maximum absolute atomic E-state index is 12.9. The molecular formula is C21H24N4O2S. The molecule has 1 aliphatic heterocycles. The van der Waals surface area contributed by atoms with E-state index in [1.54, 1.807) is 18.3 Å². The molecule has 1 aromatic carbocycles. The van der Waals surface area contributed by atoms with Crippen LogP contribution in [0, 0.1) is 13.8 Å². The summed E-state index contributed by atoms with van der Waals surface area (Å²) in [5.74, 6) is 0.802. The number of hydrogen-bond donors (Lipinski definition) is 1. The van der Waals surface area contributed by atoms with Crippen molar-refractivity contribution in [1.82, 2.24) is 19.8 Å². The molecule has 7 heteroatoms. The lowest BCUT2D eigenvalue weighted by molar-refractivity contribution is -0.130. The third-order valence-electron chi connectivity index (χ3n) is 5.32. The molecule has 4 rings (SSSR count). The van der Waals surface area contributed by atoms with Gasteiger partial charge in [-0.2, -0.15) is 0 Å². The first-order valence-corrected chi connectivity index (χ1v) is 10.3. The molecule has 3 heterocycles. The summed E-state index contributed by atoms with van der Waals surface area (Å²) in [5, 5.41) is 0.677. The van der Waals surface area contributed by atoms with Gasteiger partial charge in [-0.05, 0) is 19.4 Å². The lowest BCUT2D eigenvalue weighted by Crippen LogP contribution is -2.47.